The van der Waals surface area contributed by atoms with Crippen LogP contribution in [0, 0.1) is 0 Å². The number of aliphatic carboxylic acids is 1. The number of carbonyl (C=O) groups excluding carboxylic acids is 2. The van der Waals surface area contributed by atoms with Crippen LogP contribution in [0.25, 0.3) is 0 Å². The lowest BCUT2D eigenvalue weighted by Crippen LogP contribution is -2.30. The normalized spacial score (nSPS) is 11.2. The molecule has 0 saturated carbocycles. The van der Waals surface area contributed by atoms with E-state index in [-0.39, 0.29) is 18.2 Å². The van der Waals surface area contributed by atoms with Crippen LogP contribution >= 0.6 is 0 Å². The molecule has 0 aliphatic rings. The van der Waals surface area contributed by atoms with E-state index in [9.17, 15) is 9.59 Å². The fourth-order valence-corrected chi connectivity index (χ4v) is 1.02. The quantitative estimate of drug-likeness (QED) is 0.603. The Labute approximate surface area is 161 Å². The molecule has 27 heavy (non-hydrogen) atoms. The zero-order chi connectivity index (χ0) is 22.5. The first-order valence-electron chi connectivity index (χ1n) is 8.34. The number of carboxylic acids is 1. The van der Waals surface area contributed by atoms with Crippen molar-refractivity contribution in [2.75, 3.05) is 19.8 Å². The summed E-state index contributed by atoms with van der Waals surface area (Å²) in [6, 6.07) is 0. The van der Waals surface area contributed by atoms with Crippen LogP contribution in [0.3, 0.4) is 0 Å². The van der Waals surface area contributed by atoms with Gasteiger partial charge in [-0.15, -0.1) is 0 Å². The Kier molecular flexibility index (Phi) is 15.0. The van der Waals surface area contributed by atoms with Gasteiger partial charge in [0.15, 0.2) is 0 Å². The van der Waals surface area contributed by atoms with Gasteiger partial charge in [-0.1, -0.05) is 0 Å². The van der Waals surface area contributed by atoms with E-state index in [2.05, 4.69) is 0 Å². The van der Waals surface area contributed by atoms with Crippen molar-refractivity contribution in [3.63, 3.8) is 0 Å². The molecule has 0 amide bonds. The van der Waals surface area contributed by atoms with Crippen LogP contribution < -0.4 is 0 Å². The Morgan fingerprint density at radius 3 is 1.19 bits per heavy atom. The summed E-state index contributed by atoms with van der Waals surface area (Å²) < 4.78 is 15.0. The summed E-state index contributed by atoms with van der Waals surface area (Å²) in [5.41, 5.74) is -1.21. The smallest absolute Gasteiger partial charge is 0.332 e. The molecule has 0 fully saturated rings. The maximum Gasteiger partial charge on any atom is 0.332 e. The van der Waals surface area contributed by atoms with Crippen LogP contribution in [0.4, 0.5) is 0 Å². The largest absolute Gasteiger partial charge is 0.480 e. The van der Waals surface area contributed by atoms with Crippen molar-refractivity contribution in [1.82, 2.24) is 0 Å². The number of rotatable bonds is 4. The molecule has 0 radical (unpaired) electrons. The number of carbonyl (C=O) groups is 3. The van der Waals surface area contributed by atoms with Gasteiger partial charge in [-0.2, -0.15) is 0 Å². The lowest BCUT2D eigenvalue weighted by atomic mass is 10.2. The molecule has 0 aliphatic heterocycles. The van der Waals surface area contributed by atoms with Crippen LogP contribution in [0.1, 0.15) is 62.3 Å². The predicted octanol–water partition coefficient (Wildman–Crippen LogP) is 1.53. The van der Waals surface area contributed by atoms with Gasteiger partial charge >= 0.3 is 17.9 Å². The topological polar surface area (TPSA) is 140 Å². The summed E-state index contributed by atoms with van der Waals surface area (Å²) in [5.74, 6) is -2.09. The zero-order valence-electron chi connectivity index (χ0n) is 17.9. The average Bonchev–Trinajstić information content (AvgIpc) is 2.42. The maximum atomic E-state index is 11.2. The summed E-state index contributed by atoms with van der Waals surface area (Å²) >= 11 is 0. The summed E-state index contributed by atoms with van der Waals surface area (Å²) in [4.78, 5) is 30.6. The van der Waals surface area contributed by atoms with Crippen molar-refractivity contribution in [2.24, 2.45) is 0 Å². The minimum absolute atomic E-state index is 0.0147. The molecular weight excluding hydrogens is 360 g/mol. The second-order valence-electron chi connectivity index (χ2n) is 8.28. The number of ether oxygens (including phenoxy) is 3. The van der Waals surface area contributed by atoms with Crippen molar-refractivity contribution in [1.29, 1.82) is 0 Å². The molecule has 0 aromatic heterocycles. The minimum atomic E-state index is -1.19. The summed E-state index contributed by atoms with van der Waals surface area (Å²) in [6.45, 7) is 15.2. The second-order valence-corrected chi connectivity index (χ2v) is 8.28. The van der Waals surface area contributed by atoms with E-state index < -0.39 is 36.4 Å². The second kappa shape index (κ2) is 13.5. The van der Waals surface area contributed by atoms with E-state index in [1.54, 1.807) is 20.8 Å². The number of esters is 2. The molecule has 0 aromatic carbocycles. The summed E-state index contributed by atoms with van der Waals surface area (Å²) in [7, 11) is 0. The Morgan fingerprint density at radius 2 is 1.00 bits per heavy atom. The van der Waals surface area contributed by atoms with Gasteiger partial charge in [0.25, 0.3) is 0 Å². The molecule has 9 nitrogen and oxygen atoms in total. The Balaban J connectivity index is -0.000000356. The van der Waals surface area contributed by atoms with Crippen molar-refractivity contribution >= 4 is 17.9 Å². The third-order valence-corrected chi connectivity index (χ3v) is 1.73. The van der Waals surface area contributed by atoms with Gasteiger partial charge in [-0.05, 0) is 62.3 Å². The monoisotopic (exact) mass is 396 g/mol. The first-order valence-corrected chi connectivity index (χ1v) is 8.34. The van der Waals surface area contributed by atoms with Crippen molar-refractivity contribution in [2.45, 2.75) is 79.1 Å². The number of carboxylic acid groups (broad SMARTS) is 1. The Bertz CT molecular complexity index is 437. The molecule has 9 heteroatoms. The molecular formula is C18H36O9. The third-order valence-electron chi connectivity index (χ3n) is 1.73. The first kappa shape index (κ1) is 30.0. The van der Waals surface area contributed by atoms with Gasteiger partial charge in [0.1, 0.15) is 31.0 Å². The number of hydrogen-bond acceptors (Lipinski definition) is 8. The highest BCUT2D eigenvalue weighted by Crippen LogP contribution is 2.10. The van der Waals surface area contributed by atoms with Gasteiger partial charge in [-0.25, -0.2) is 14.4 Å². The fourth-order valence-electron chi connectivity index (χ4n) is 1.02. The van der Waals surface area contributed by atoms with E-state index in [1.807, 2.05) is 41.5 Å². The number of aliphatic hydroxyl groups excluding tert-OH is 2. The van der Waals surface area contributed by atoms with Crippen LogP contribution in [0.2, 0.25) is 0 Å². The van der Waals surface area contributed by atoms with Gasteiger partial charge in [0.2, 0.25) is 0 Å². The van der Waals surface area contributed by atoms with Crippen molar-refractivity contribution < 1.29 is 43.9 Å². The maximum absolute atomic E-state index is 11.2. The van der Waals surface area contributed by atoms with E-state index in [0.29, 0.717) is 0 Å². The number of hydrogen-bond donors (Lipinski definition) is 3. The van der Waals surface area contributed by atoms with Gasteiger partial charge in [0, 0.05) is 0 Å². The molecule has 0 spiro atoms. The molecule has 0 unspecified atom stereocenters. The number of aliphatic hydroxyl groups is 2. The van der Waals surface area contributed by atoms with Crippen molar-refractivity contribution in [3.8, 4) is 0 Å². The van der Waals surface area contributed by atoms with E-state index in [0.717, 1.165) is 0 Å². The third kappa shape index (κ3) is 36.1. The zero-order valence-corrected chi connectivity index (χ0v) is 17.9. The fraction of sp³-hybridized carbons (Fsp3) is 0.833. The minimum Gasteiger partial charge on any atom is -0.480 e. The van der Waals surface area contributed by atoms with Crippen LogP contribution in [0.5, 0.6) is 0 Å². The molecule has 0 aliphatic carbocycles. The summed E-state index contributed by atoms with van der Waals surface area (Å²) in [5, 5.41) is 23.2. The first-order chi connectivity index (χ1) is 11.8. The van der Waals surface area contributed by atoms with Gasteiger partial charge in [0.05, 0.1) is 5.60 Å². The Hall–Kier alpha value is -1.71. The van der Waals surface area contributed by atoms with Crippen LogP contribution in [-0.2, 0) is 28.6 Å². The van der Waals surface area contributed by atoms with Crippen LogP contribution in [-0.4, -0.2) is 69.9 Å². The molecule has 0 aromatic rings. The Morgan fingerprint density at radius 1 is 0.667 bits per heavy atom. The molecule has 0 bridgehead atoms. The molecule has 0 heterocycles. The standard InChI is InChI=1S/C10H20O3.C6H12O3.C2H4O3/c1-9(2,3)12-7-8(11)13-10(4,5)6;1-6(2,3)9-5(8)4-7;3-1-2(4)5/h7H2,1-6H3;7H,4H2,1-3H3;3H,1H2,(H,4,5). The molecule has 0 saturated heterocycles. The molecule has 3 N–H and O–H groups in total. The molecule has 162 valence electrons. The highest BCUT2D eigenvalue weighted by molar-refractivity contribution is 5.71. The highest BCUT2D eigenvalue weighted by Gasteiger charge is 2.19. The van der Waals surface area contributed by atoms with E-state index in [4.69, 9.17) is 34.3 Å². The van der Waals surface area contributed by atoms with E-state index >= 15 is 0 Å². The lowest BCUT2D eigenvalue weighted by molar-refractivity contribution is -0.165. The molecule has 0 rings (SSSR count). The van der Waals surface area contributed by atoms with Gasteiger partial charge < -0.3 is 29.5 Å². The highest BCUT2D eigenvalue weighted by atomic mass is 16.6. The predicted molar refractivity (Wildman–Crippen MR) is 99.2 cm³/mol. The van der Waals surface area contributed by atoms with Gasteiger partial charge in [-0.3, -0.25) is 0 Å². The summed E-state index contributed by atoms with van der Waals surface area (Å²) in [6.07, 6.45) is 0. The van der Waals surface area contributed by atoms with Crippen molar-refractivity contribution in [3.05, 3.63) is 0 Å². The lowest BCUT2D eigenvalue weighted by Gasteiger charge is -2.22. The van der Waals surface area contributed by atoms with Crippen LogP contribution in [0.15, 0.2) is 0 Å². The van der Waals surface area contributed by atoms with E-state index in [1.165, 1.54) is 0 Å². The SMILES string of the molecule is CC(C)(C)OC(=O)CO.CC(C)(C)OCC(=O)OC(C)(C)C.O=C(O)CO. The average molecular weight is 396 g/mol. The molecule has 0 atom stereocenters.